The molecule has 1 atom stereocenters. The lowest BCUT2D eigenvalue weighted by Gasteiger charge is -2.18. The summed E-state index contributed by atoms with van der Waals surface area (Å²) >= 11 is 6.95. The third-order valence-corrected chi connectivity index (χ3v) is 5.83. The van der Waals surface area contributed by atoms with Crippen molar-refractivity contribution in [1.29, 1.82) is 0 Å². The third-order valence-electron chi connectivity index (χ3n) is 4.17. The summed E-state index contributed by atoms with van der Waals surface area (Å²) in [5.74, 6) is -0.603. The Hall–Kier alpha value is -1.52. The molecule has 0 radical (unpaired) electrons. The minimum absolute atomic E-state index is 0.0337. The van der Waals surface area contributed by atoms with Crippen molar-refractivity contribution in [2.45, 2.75) is 24.8 Å². The number of nitrogens with one attached hydrogen (secondary N) is 1. The molecule has 11 heteroatoms. The third kappa shape index (κ3) is 4.67. The summed E-state index contributed by atoms with van der Waals surface area (Å²) in [4.78, 5) is 13.6. The van der Waals surface area contributed by atoms with Crippen LogP contribution in [-0.4, -0.2) is 42.7 Å². The lowest BCUT2D eigenvalue weighted by atomic mass is 10.1. The fourth-order valence-corrected chi connectivity index (χ4v) is 4.45. The van der Waals surface area contributed by atoms with Gasteiger partial charge in [-0.05, 0) is 18.6 Å². The average Bonchev–Trinajstić information content (AvgIpc) is 3.09. The van der Waals surface area contributed by atoms with Crippen LogP contribution >= 0.6 is 22.9 Å². The summed E-state index contributed by atoms with van der Waals surface area (Å²) in [5.41, 5.74) is -0.849. The molecule has 2 heterocycles. The van der Waals surface area contributed by atoms with Crippen LogP contribution in [0.25, 0.3) is 10.1 Å². The Bertz CT molecular complexity index is 863. The number of likely N-dealkylation sites (tertiary alicyclic amines) is 1. The van der Waals surface area contributed by atoms with Gasteiger partial charge in [0.2, 0.25) is 0 Å². The average molecular weight is 431 g/mol. The van der Waals surface area contributed by atoms with Gasteiger partial charge in [0, 0.05) is 29.2 Å². The Labute approximate surface area is 158 Å². The second-order valence-corrected chi connectivity index (χ2v) is 7.69. The Morgan fingerprint density at radius 1 is 1.26 bits per heavy atom. The first-order valence-electron chi connectivity index (χ1n) is 7.83. The van der Waals surface area contributed by atoms with Crippen LogP contribution in [0.4, 0.5) is 26.3 Å². The number of thiophene rings is 1. The molecule has 148 valence electrons. The number of nitrogens with zero attached hydrogens (tertiary/aromatic N) is 1. The van der Waals surface area contributed by atoms with Crippen LogP contribution in [0.15, 0.2) is 18.2 Å². The highest BCUT2D eigenvalue weighted by Crippen LogP contribution is 2.39. The van der Waals surface area contributed by atoms with E-state index in [4.69, 9.17) is 11.6 Å². The summed E-state index contributed by atoms with van der Waals surface area (Å²) in [6.45, 7) is -0.811. The molecular formula is C16H13ClF6N2OS. The molecule has 1 aliphatic heterocycles. The molecule has 1 unspecified atom stereocenters. The SMILES string of the molecule is O=C(NC1CCN(CC(F)(F)F)C1)c1sc2cc(C(F)(F)F)ccc2c1Cl. The van der Waals surface area contributed by atoms with Gasteiger partial charge in [0.25, 0.3) is 5.91 Å². The van der Waals surface area contributed by atoms with Crippen molar-refractivity contribution in [2.24, 2.45) is 0 Å². The van der Waals surface area contributed by atoms with Crippen molar-refractivity contribution in [1.82, 2.24) is 10.2 Å². The molecule has 1 fully saturated rings. The van der Waals surface area contributed by atoms with E-state index in [9.17, 15) is 31.1 Å². The fourth-order valence-electron chi connectivity index (χ4n) is 2.99. The van der Waals surface area contributed by atoms with E-state index in [0.717, 1.165) is 23.5 Å². The Morgan fingerprint density at radius 2 is 1.96 bits per heavy atom. The van der Waals surface area contributed by atoms with Crippen molar-refractivity contribution in [3.63, 3.8) is 0 Å². The van der Waals surface area contributed by atoms with Gasteiger partial charge >= 0.3 is 12.4 Å². The Balaban J connectivity index is 1.74. The van der Waals surface area contributed by atoms with Crippen LogP contribution in [0, 0.1) is 0 Å². The zero-order valence-corrected chi connectivity index (χ0v) is 15.1. The monoisotopic (exact) mass is 430 g/mol. The van der Waals surface area contributed by atoms with Crippen LogP contribution in [0.1, 0.15) is 21.7 Å². The molecule has 3 nitrogen and oxygen atoms in total. The molecule has 2 aromatic rings. The molecule has 27 heavy (non-hydrogen) atoms. The van der Waals surface area contributed by atoms with Gasteiger partial charge in [-0.3, -0.25) is 9.69 Å². The van der Waals surface area contributed by atoms with Crippen LogP contribution < -0.4 is 5.32 Å². The number of fused-ring (bicyclic) bond motifs is 1. The number of hydrogen-bond donors (Lipinski definition) is 1. The van der Waals surface area contributed by atoms with Gasteiger partial charge in [0.15, 0.2) is 0 Å². The molecule has 1 aromatic carbocycles. The first kappa shape index (κ1) is 20.2. The van der Waals surface area contributed by atoms with Gasteiger partial charge in [-0.25, -0.2) is 0 Å². The topological polar surface area (TPSA) is 32.3 Å². The Kier molecular flexibility index (Phi) is 5.35. The van der Waals surface area contributed by atoms with Gasteiger partial charge in [-0.1, -0.05) is 17.7 Å². The van der Waals surface area contributed by atoms with Crippen molar-refractivity contribution in [3.05, 3.63) is 33.7 Å². The standard InChI is InChI=1S/C16H13ClF6N2OS/c17-12-10-2-1-8(16(21,22)23)5-11(10)27-13(12)14(26)24-9-3-4-25(6-9)7-15(18,19)20/h1-2,5,9H,3-4,6-7H2,(H,24,26). The number of carbonyl (C=O) groups is 1. The van der Waals surface area contributed by atoms with Gasteiger partial charge in [0.05, 0.1) is 17.1 Å². The first-order chi connectivity index (χ1) is 12.4. The zero-order valence-electron chi connectivity index (χ0n) is 13.5. The highest BCUT2D eigenvalue weighted by atomic mass is 35.5. The molecule has 0 saturated carbocycles. The first-order valence-corrected chi connectivity index (χ1v) is 9.03. The predicted molar refractivity (Wildman–Crippen MR) is 90.2 cm³/mol. The van der Waals surface area contributed by atoms with Crippen LogP contribution in [-0.2, 0) is 6.18 Å². The number of halogens is 7. The van der Waals surface area contributed by atoms with Gasteiger partial charge in [-0.15, -0.1) is 11.3 Å². The number of amides is 1. The molecule has 0 aliphatic carbocycles. The van der Waals surface area contributed by atoms with Crippen molar-refractivity contribution in [3.8, 4) is 0 Å². The van der Waals surface area contributed by atoms with Crippen LogP contribution in [0.3, 0.4) is 0 Å². The molecule has 0 bridgehead atoms. The molecule has 1 N–H and O–H groups in total. The molecular weight excluding hydrogens is 418 g/mol. The lowest BCUT2D eigenvalue weighted by molar-refractivity contribution is -0.143. The van der Waals surface area contributed by atoms with E-state index in [0.29, 0.717) is 11.8 Å². The van der Waals surface area contributed by atoms with E-state index in [1.54, 1.807) is 0 Å². The second-order valence-electron chi connectivity index (χ2n) is 6.26. The van der Waals surface area contributed by atoms with Crippen molar-refractivity contribution in [2.75, 3.05) is 19.6 Å². The zero-order chi connectivity index (χ0) is 20.0. The van der Waals surface area contributed by atoms with Crippen LogP contribution in [0.2, 0.25) is 5.02 Å². The van der Waals surface area contributed by atoms with E-state index < -0.39 is 36.4 Å². The van der Waals surface area contributed by atoms with E-state index in [1.807, 2.05) is 0 Å². The number of hydrogen-bond acceptors (Lipinski definition) is 3. The van der Waals surface area contributed by atoms with Gasteiger partial charge < -0.3 is 5.32 Å². The summed E-state index contributed by atoms with van der Waals surface area (Å²) < 4.78 is 75.9. The smallest absolute Gasteiger partial charge is 0.347 e. The number of benzene rings is 1. The maximum Gasteiger partial charge on any atom is 0.416 e. The van der Waals surface area contributed by atoms with Crippen molar-refractivity contribution < 1.29 is 31.1 Å². The highest BCUT2D eigenvalue weighted by molar-refractivity contribution is 7.21. The summed E-state index contributed by atoms with van der Waals surface area (Å²) in [6.07, 6.45) is -8.48. The minimum Gasteiger partial charge on any atom is -0.347 e. The van der Waals surface area contributed by atoms with Crippen LogP contribution in [0.5, 0.6) is 0 Å². The highest BCUT2D eigenvalue weighted by Gasteiger charge is 2.35. The van der Waals surface area contributed by atoms with E-state index >= 15 is 0 Å². The largest absolute Gasteiger partial charge is 0.416 e. The summed E-state index contributed by atoms with van der Waals surface area (Å²) in [7, 11) is 0. The predicted octanol–water partition coefficient (Wildman–Crippen LogP) is 4.94. The maximum atomic E-state index is 12.8. The molecule has 3 rings (SSSR count). The molecule has 1 saturated heterocycles. The maximum absolute atomic E-state index is 12.8. The lowest BCUT2D eigenvalue weighted by Crippen LogP contribution is -2.39. The van der Waals surface area contributed by atoms with E-state index in [1.165, 1.54) is 11.0 Å². The fraction of sp³-hybridized carbons (Fsp3) is 0.438. The quantitative estimate of drug-likeness (QED) is 0.700. The molecule has 1 aliphatic rings. The Morgan fingerprint density at radius 3 is 2.59 bits per heavy atom. The number of rotatable bonds is 3. The minimum atomic E-state index is -4.52. The molecule has 1 aromatic heterocycles. The van der Waals surface area contributed by atoms with E-state index in [-0.39, 0.29) is 27.7 Å². The normalized spacial score (nSPS) is 19.0. The summed E-state index contributed by atoms with van der Waals surface area (Å²) in [6, 6.07) is 2.53. The molecule has 0 spiro atoms. The van der Waals surface area contributed by atoms with Crippen molar-refractivity contribution >= 4 is 38.9 Å². The number of alkyl halides is 6. The van der Waals surface area contributed by atoms with Gasteiger partial charge in [0.1, 0.15) is 4.88 Å². The van der Waals surface area contributed by atoms with Gasteiger partial charge in [-0.2, -0.15) is 26.3 Å². The second kappa shape index (κ2) is 7.14. The molecule has 1 amide bonds. The number of carbonyl (C=O) groups excluding carboxylic acids is 1. The summed E-state index contributed by atoms with van der Waals surface area (Å²) in [5, 5.41) is 2.97. The van der Waals surface area contributed by atoms with E-state index in [2.05, 4.69) is 5.32 Å².